The number of nitrogens with zero attached hydrogens (tertiary/aromatic N) is 5. The smallest absolute Gasteiger partial charge is 0.339 e. The molecular formula is C17H16FN5O2. The minimum atomic E-state index is -0.511. The molecule has 0 fully saturated rings. The van der Waals surface area contributed by atoms with Gasteiger partial charge in [0.15, 0.2) is 5.82 Å². The zero-order valence-corrected chi connectivity index (χ0v) is 13.8. The van der Waals surface area contributed by atoms with Crippen molar-refractivity contribution in [2.45, 2.75) is 6.61 Å². The Morgan fingerprint density at radius 3 is 2.72 bits per heavy atom. The van der Waals surface area contributed by atoms with E-state index in [1.54, 1.807) is 29.5 Å². The van der Waals surface area contributed by atoms with Crippen molar-refractivity contribution in [1.82, 2.24) is 19.1 Å². The third-order valence-corrected chi connectivity index (χ3v) is 3.57. The van der Waals surface area contributed by atoms with Crippen molar-refractivity contribution in [3.05, 3.63) is 66.0 Å². The molecule has 0 radical (unpaired) electrons. The summed E-state index contributed by atoms with van der Waals surface area (Å²) in [5, 5.41) is 0. The number of carbonyl (C=O) groups is 1. The third kappa shape index (κ3) is 3.79. The largest absolute Gasteiger partial charge is 0.457 e. The molecule has 0 atom stereocenters. The van der Waals surface area contributed by atoms with Gasteiger partial charge in [0, 0.05) is 44.4 Å². The lowest BCUT2D eigenvalue weighted by Crippen LogP contribution is -1.96. The molecule has 0 aliphatic carbocycles. The number of rotatable bonds is 2. The van der Waals surface area contributed by atoms with Crippen LogP contribution in [0.2, 0.25) is 0 Å². The standard InChI is InChI=1S/C13H10FN3O2.C4H6N2/c1-17-3-2-15-12(17)6-16-11-5-8(14)4-9-10(11)7-19-13(9)18;1-6-3-2-5-4-6/h2-6H,7H2,1H3;2-4H,1H3. The van der Waals surface area contributed by atoms with Gasteiger partial charge in [0.1, 0.15) is 12.4 Å². The van der Waals surface area contributed by atoms with Crippen molar-refractivity contribution in [2.75, 3.05) is 0 Å². The molecule has 0 N–H and O–H groups in total. The molecule has 8 heteroatoms. The van der Waals surface area contributed by atoms with E-state index >= 15 is 0 Å². The Kier molecular flexibility index (Phi) is 4.69. The summed E-state index contributed by atoms with van der Waals surface area (Å²) in [7, 11) is 3.77. The highest BCUT2D eigenvalue weighted by Gasteiger charge is 2.25. The Hall–Kier alpha value is -3.29. The minimum Gasteiger partial charge on any atom is -0.457 e. The predicted molar refractivity (Wildman–Crippen MR) is 89.2 cm³/mol. The molecule has 1 aliphatic rings. The fraction of sp³-hybridized carbons (Fsp3) is 0.176. The van der Waals surface area contributed by atoms with Crippen molar-refractivity contribution in [1.29, 1.82) is 0 Å². The van der Waals surface area contributed by atoms with Gasteiger partial charge in [0.25, 0.3) is 0 Å². The van der Waals surface area contributed by atoms with E-state index in [0.29, 0.717) is 17.1 Å². The SMILES string of the molecule is Cn1ccnc1.Cn1ccnc1C=Nc1cc(F)cc2c1COC2=O. The first kappa shape index (κ1) is 16.6. The lowest BCUT2D eigenvalue weighted by Gasteiger charge is -2.01. The molecule has 0 amide bonds. The molecule has 3 heterocycles. The Bertz CT molecular complexity index is 915. The van der Waals surface area contributed by atoms with Crippen LogP contribution in [0, 0.1) is 5.82 Å². The number of hydrogen-bond acceptors (Lipinski definition) is 5. The van der Waals surface area contributed by atoms with Crippen LogP contribution >= 0.6 is 0 Å². The van der Waals surface area contributed by atoms with Gasteiger partial charge in [0.2, 0.25) is 0 Å². The molecular weight excluding hydrogens is 325 g/mol. The normalized spacial score (nSPS) is 12.7. The zero-order chi connectivity index (χ0) is 17.8. The molecule has 0 bridgehead atoms. The minimum absolute atomic E-state index is 0.127. The number of aliphatic imine (C=N–C) groups is 1. The van der Waals surface area contributed by atoms with Crippen LogP contribution in [0.4, 0.5) is 10.1 Å². The molecule has 1 aliphatic heterocycles. The van der Waals surface area contributed by atoms with Gasteiger partial charge in [-0.1, -0.05) is 0 Å². The number of carbonyl (C=O) groups excluding carboxylic acids is 1. The highest BCUT2D eigenvalue weighted by Crippen LogP contribution is 2.30. The van der Waals surface area contributed by atoms with E-state index in [1.807, 2.05) is 24.9 Å². The van der Waals surface area contributed by atoms with E-state index in [0.717, 1.165) is 0 Å². The van der Waals surface area contributed by atoms with Crippen molar-refractivity contribution in [3.8, 4) is 0 Å². The lowest BCUT2D eigenvalue weighted by molar-refractivity contribution is 0.0535. The molecule has 1 aromatic carbocycles. The van der Waals surface area contributed by atoms with Crippen LogP contribution in [0.5, 0.6) is 0 Å². The molecule has 0 saturated heterocycles. The molecule has 4 rings (SSSR count). The Labute approximate surface area is 143 Å². The summed E-state index contributed by atoms with van der Waals surface area (Å²) in [5.74, 6) is -0.379. The van der Waals surface area contributed by atoms with E-state index in [9.17, 15) is 9.18 Å². The van der Waals surface area contributed by atoms with Gasteiger partial charge in [-0.15, -0.1) is 0 Å². The monoisotopic (exact) mass is 341 g/mol. The summed E-state index contributed by atoms with van der Waals surface area (Å²) >= 11 is 0. The summed E-state index contributed by atoms with van der Waals surface area (Å²) in [6, 6.07) is 2.45. The number of fused-ring (bicyclic) bond motifs is 1. The van der Waals surface area contributed by atoms with Gasteiger partial charge in [-0.05, 0) is 12.1 Å². The highest BCUT2D eigenvalue weighted by atomic mass is 19.1. The molecule has 3 aromatic rings. The maximum atomic E-state index is 13.4. The maximum Gasteiger partial charge on any atom is 0.339 e. The van der Waals surface area contributed by atoms with Gasteiger partial charge >= 0.3 is 5.97 Å². The van der Waals surface area contributed by atoms with E-state index in [4.69, 9.17) is 4.74 Å². The third-order valence-electron chi connectivity index (χ3n) is 3.57. The van der Waals surface area contributed by atoms with Gasteiger partial charge in [-0.25, -0.2) is 19.2 Å². The molecule has 2 aromatic heterocycles. The summed E-state index contributed by atoms with van der Waals surface area (Å²) in [6.07, 6.45) is 10.3. The van der Waals surface area contributed by atoms with E-state index in [1.165, 1.54) is 18.3 Å². The van der Waals surface area contributed by atoms with Crippen molar-refractivity contribution >= 4 is 17.9 Å². The van der Waals surface area contributed by atoms with Crippen molar-refractivity contribution in [2.24, 2.45) is 19.1 Å². The van der Waals surface area contributed by atoms with Crippen LogP contribution < -0.4 is 0 Å². The number of hydrogen-bond donors (Lipinski definition) is 0. The van der Waals surface area contributed by atoms with Gasteiger partial charge in [-0.3, -0.25) is 4.99 Å². The number of benzene rings is 1. The zero-order valence-electron chi connectivity index (χ0n) is 13.8. The van der Waals surface area contributed by atoms with Crippen LogP contribution in [0.25, 0.3) is 0 Å². The van der Waals surface area contributed by atoms with Gasteiger partial charge in [0.05, 0.1) is 23.8 Å². The summed E-state index contributed by atoms with van der Waals surface area (Å²) in [5.41, 5.74) is 1.24. The average Bonchev–Trinajstić information content (AvgIpc) is 3.30. The molecule has 0 spiro atoms. The lowest BCUT2D eigenvalue weighted by atomic mass is 10.1. The number of aryl methyl sites for hydroxylation is 2. The summed E-state index contributed by atoms with van der Waals surface area (Å²) in [6.45, 7) is 0.127. The van der Waals surface area contributed by atoms with Crippen LogP contribution in [0.15, 0.2) is 48.2 Å². The van der Waals surface area contributed by atoms with Crippen molar-refractivity contribution in [3.63, 3.8) is 0 Å². The number of halogens is 1. The second-order valence-electron chi connectivity index (χ2n) is 5.41. The van der Waals surface area contributed by atoms with Crippen LogP contribution in [0.1, 0.15) is 21.7 Å². The predicted octanol–water partition coefficient (Wildman–Crippen LogP) is 2.40. The van der Waals surface area contributed by atoms with Gasteiger partial charge < -0.3 is 13.9 Å². The van der Waals surface area contributed by atoms with E-state index in [2.05, 4.69) is 15.0 Å². The summed E-state index contributed by atoms with van der Waals surface area (Å²) in [4.78, 5) is 23.5. The fourth-order valence-electron chi connectivity index (χ4n) is 2.24. The molecule has 0 unspecified atom stereocenters. The van der Waals surface area contributed by atoms with Crippen LogP contribution in [-0.2, 0) is 25.4 Å². The fourth-order valence-corrected chi connectivity index (χ4v) is 2.24. The number of imidazole rings is 2. The van der Waals surface area contributed by atoms with Crippen molar-refractivity contribution < 1.29 is 13.9 Å². The van der Waals surface area contributed by atoms with Gasteiger partial charge in [-0.2, -0.15) is 0 Å². The topological polar surface area (TPSA) is 74.3 Å². The quantitative estimate of drug-likeness (QED) is 0.530. The number of esters is 1. The first-order valence-corrected chi connectivity index (χ1v) is 7.47. The van der Waals surface area contributed by atoms with Crippen LogP contribution in [0.3, 0.4) is 0 Å². The van der Waals surface area contributed by atoms with E-state index < -0.39 is 11.8 Å². The number of aromatic nitrogens is 4. The maximum absolute atomic E-state index is 13.4. The number of cyclic esters (lactones) is 1. The molecule has 128 valence electrons. The van der Waals surface area contributed by atoms with Crippen LogP contribution in [-0.4, -0.2) is 31.3 Å². The Morgan fingerprint density at radius 1 is 1.28 bits per heavy atom. The first-order valence-electron chi connectivity index (χ1n) is 7.47. The molecule has 0 saturated carbocycles. The van der Waals surface area contributed by atoms with E-state index in [-0.39, 0.29) is 12.2 Å². The second-order valence-corrected chi connectivity index (χ2v) is 5.41. The Balaban J connectivity index is 0.000000258. The Morgan fingerprint density at radius 2 is 2.12 bits per heavy atom. The number of ether oxygens (including phenoxy) is 1. The average molecular weight is 341 g/mol. The molecule has 25 heavy (non-hydrogen) atoms. The second kappa shape index (κ2) is 7.08. The summed E-state index contributed by atoms with van der Waals surface area (Å²) < 4.78 is 22.0. The first-order chi connectivity index (χ1) is 12.0. The highest BCUT2D eigenvalue weighted by molar-refractivity contribution is 5.95. The molecule has 7 nitrogen and oxygen atoms in total.